The van der Waals surface area contributed by atoms with Gasteiger partial charge in [-0.05, 0) is 38.8 Å². The molecule has 6 rings (SSSR count). The van der Waals surface area contributed by atoms with Gasteiger partial charge in [-0.3, -0.25) is 9.69 Å². The second-order valence-electron chi connectivity index (χ2n) is 9.60. The molecular formula is C25H27ClFN5O3. The van der Waals surface area contributed by atoms with Crippen LogP contribution in [0.1, 0.15) is 45.8 Å². The number of rotatable bonds is 4. The zero-order chi connectivity index (χ0) is 24.3. The molecule has 2 aromatic heterocycles. The average molecular weight is 500 g/mol. The highest BCUT2D eigenvalue weighted by Crippen LogP contribution is 2.32. The minimum atomic E-state index is -0.421. The zero-order valence-electron chi connectivity index (χ0n) is 19.8. The summed E-state index contributed by atoms with van der Waals surface area (Å²) in [7, 11) is 0. The van der Waals surface area contributed by atoms with Crippen LogP contribution < -0.4 is 4.74 Å². The van der Waals surface area contributed by atoms with Crippen molar-refractivity contribution < 1.29 is 18.7 Å². The van der Waals surface area contributed by atoms with Gasteiger partial charge in [0.05, 0.1) is 60.0 Å². The molecule has 2 fully saturated rings. The van der Waals surface area contributed by atoms with Crippen LogP contribution in [0.25, 0.3) is 5.65 Å². The van der Waals surface area contributed by atoms with E-state index in [4.69, 9.17) is 21.1 Å². The summed E-state index contributed by atoms with van der Waals surface area (Å²) in [6.45, 7) is 7.90. The van der Waals surface area contributed by atoms with Crippen LogP contribution >= 0.6 is 11.6 Å². The van der Waals surface area contributed by atoms with E-state index in [1.807, 2.05) is 13.8 Å². The summed E-state index contributed by atoms with van der Waals surface area (Å²) >= 11 is 6.34. The largest absolute Gasteiger partial charge is 0.489 e. The predicted octanol–water partition coefficient (Wildman–Crippen LogP) is 3.54. The predicted molar refractivity (Wildman–Crippen MR) is 127 cm³/mol. The minimum absolute atomic E-state index is 0.0551. The molecule has 0 bridgehead atoms. The highest BCUT2D eigenvalue weighted by Gasteiger charge is 2.33. The molecular weight excluding hydrogens is 473 g/mol. The monoisotopic (exact) mass is 499 g/mol. The number of halogens is 2. The lowest BCUT2D eigenvalue weighted by Crippen LogP contribution is -2.53. The third-order valence-electron chi connectivity index (χ3n) is 7.32. The number of carbonyl (C=O) groups excluding carboxylic acids is 1. The number of hydrogen-bond donors (Lipinski definition) is 0. The van der Waals surface area contributed by atoms with Gasteiger partial charge in [-0.1, -0.05) is 11.6 Å². The number of likely N-dealkylation sites (tertiary alicyclic amines) is 1. The number of aryl methyl sites for hydroxylation is 2. The van der Waals surface area contributed by atoms with E-state index in [1.54, 1.807) is 9.42 Å². The van der Waals surface area contributed by atoms with Gasteiger partial charge in [0.2, 0.25) is 0 Å². The average Bonchev–Trinajstić information content (AvgIpc) is 3.37. The molecule has 5 heterocycles. The molecule has 8 nitrogen and oxygen atoms in total. The summed E-state index contributed by atoms with van der Waals surface area (Å²) in [6, 6.07) is 4.65. The van der Waals surface area contributed by atoms with E-state index in [2.05, 4.69) is 15.0 Å². The second kappa shape index (κ2) is 8.72. The van der Waals surface area contributed by atoms with Gasteiger partial charge in [-0.25, -0.2) is 13.9 Å². The Kier molecular flexibility index (Phi) is 5.66. The van der Waals surface area contributed by atoms with E-state index >= 15 is 0 Å². The molecule has 184 valence electrons. The minimum Gasteiger partial charge on any atom is -0.489 e. The fourth-order valence-electron chi connectivity index (χ4n) is 5.17. The van der Waals surface area contributed by atoms with E-state index < -0.39 is 5.82 Å². The van der Waals surface area contributed by atoms with Crippen molar-refractivity contribution >= 4 is 23.2 Å². The molecule has 1 amide bonds. The number of amides is 1. The maximum atomic E-state index is 14.2. The van der Waals surface area contributed by atoms with Crippen molar-refractivity contribution in [2.75, 3.05) is 26.3 Å². The van der Waals surface area contributed by atoms with Crippen LogP contribution in [0.2, 0.25) is 5.02 Å². The number of nitrogens with zero attached hydrogens (tertiary/aromatic N) is 5. The lowest BCUT2D eigenvalue weighted by atomic mass is 10.0. The zero-order valence-corrected chi connectivity index (χ0v) is 20.5. The summed E-state index contributed by atoms with van der Waals surface area (Å²) in [5, 5.41) is 5.24. The molecule has 1 aromatic carbocycles. The standard InChI is InChI=1S/C25H27ClFN5O3/c1-14-23(26)15(2)32-24(28-14)20-10-31(11-21(20)29-32)25(33)19-4-3-16(27)9-22(19)35-18-5-7-30(8-6-18)17-12-34-13-17/h3-4,9,17-18H,5-8,10-13H2,1-2H3. The Morgan fingerprint density at radius 1 is 1.20 bits per heavy atom. The molecule has 3 aliphatic heterocycles. The first-order chi connectivity index (χ1) is 16.9. The Morgan fingerprint density at radius 2 is 1.97 bits per heavy atom. The molecule has 0 saturated carbocycles. The van der Waals surface area contributed by atoms with E-state index in [-0.39, 0.29) is 12.0 Å². The van der Waals surface area contributed by atoms with Gasteiger partial charge in [0.25, 0.3) is 5.91 Å². The van der Waals surface area contributed by atoms with E-state index in [1.165, 1.54) is 18.2 Å². The van der Waals surface area contributed by atoms with Gasteiger partial charge in [-0.15, -0.1) is 0 Å². The molecule has 35 heavy (non-hydrogen) atoms. The van der Waals surface area contributed by atoms with Crippen molar-refractivity contribution in [1.82, 2.24) is 24.4 Å². The topological polar surface area (TPSA) is 72.2 Å². The fraction of sp³-hybridized carbons (Fsp3) is 0.480. The molecule has 0 spiro atoms. The van der Waals surface area contributed by atoms with Gasteiger partial charge in [0.1, 0.15) is 17.7 Å². The lowest BCUT2D eigenvalue weighted by Gasteiger charge is -2.41. The van der Waals surface area contributed by atoms with Crippen molar-refractivity contribution in [3.63, 3.8) is 0 Å². The van der Waals surface area contributed by atoms with Crippen LogP contribution in [0.4, 0.5) is 4.39 Å². The van der Waals surface area contributed by atoms with Gasteiger partial charge in [0, 0.05) is 24.7 Å². The Bertz CT molecular complexity index is 1320. The summed E-state index contributed by atoms with van der Waals surface area (Å²) in [4.78, 5) is 22.3. The third kappa shape index (κ3) is 3.95. The maximum Gasteiger partial charge on any atom is 0.258 e. The molecule has 2 saturated heterocycles. The Balaban J connectivity index is 1.20. The van der Waals surface area contributed by atoms with Crippen LogP contribution in [0.5, 0.6) is 5.75 Å². The highest BCUT2D eigenvalue weighted by atomic mass is 35.5. The Hall–Kier alpha value is -2.75. The second-order valence-corrected chi connectivity index (χ2v) is 9.98. The number of fused-ring (bicyclic) bond motifs is 3. The smallest absolute Gasteiger partial charge is 0.258 e. The summed E-state index contributed by atoms with van der Waals surface area (Å²) in [5.41, 5.74) is 4.35. The molecule has 0 radical (unpaired) electrons. The Morgan fingerprint density at radius 3 is 2.69 bits per heavy atom. The number of carbonyl (C=O) groups is 1. The van der Waals surface area contributed by atoms with E-state index in [0.717, 1.165) is 61.8 Å². The SMILES string of the molecule is Cc1nc2c3c(nn2c(C)c1Cl)CN(C(=O)c1ccc(F)cc1OC1CCN(C2COC2)CC1)C3. The summed E-state index contributed by atoms with van der Waals surface area (Å²) < 4.78 is 27.4. The van der Waals surface area contributed by atoms with Crippen molar-refractivity contribution in [3.8, 4) is 5.75 Å². The molecule has 3 aliphatic rings. The molecule has 10 heteroatoms. The van der Waals surface area contributed by atoms with Gasteiger partial charge in [-0.2, -0.15) is 5.10 Å². The number of ether oxygens (including phenoxy) is 2. The maximum absolute atomic E-state index is 14.2. The summed E-state index contributed by atoms with van der Waals surface area (Å²) in [5.74, 6) is -0.326. The first-order valence-corrected chi connectivity index (χ1v) is 12.4. The Labute approximate surface area is 207 Å². The molecule has 0 aliphatic carbocycles. The first kappa shape index (κ1) is 22.7. The van der Waals surface area contributed by atoms with Crippen molar-refractivity contribution in [2.45, 2.75) is 51.9 Å². The van der Waals surface area contributed by atoms with Crippen LogP contribution in [0.15, 0.2) is 18.2 Å². The molecule has 3 aromatic rings. The van der Waals surface area contributed by atoms with Crippen LogP contribution in [-0.2, 0) is 17.8 Å². The van der Waals surface area contributed by atoms with Gasteiger partial charge >= 0.3 is 0 Å². The van der Waals surface area contributed by atoms with E-state index in [9.17, 15) is 9.18 Å². The normalized spacial score (nSPS) is 19.3. The van der Waals surface area contributed by atoms with Gasteiger partial charge < -0.3 is 14.4 Å². The van der Waals surface area contributed by atoms with Crippen molar-refractivity contribution in [2.24, 2.45) is 0 Å². The number of piperidine rings is 1. The van der Waals surface area contributed by atoms with Crippen molar-refractivity contribution in [3.05, 3.63) is 57.2 Å². The van der Waals surface area contributed by atoms with Gasteiger partial charge in [0.15, 0.2) is 5.65 Å². The third-order valence-corrected chi connectivity index (χ3v) is 7.87. The lowest BCUT2D eigenvalue weighted by molar-refractivity contribution is -0.0778. The van der Waals surface area contributed by atoms with Crippen molar-refractivity contribution in [1.29, 1.82) is 0 Å². The van der Waals surface area contributed by atoms with Crippen LogP contribution in [0.3, 0.4) is 0 Å². The molecule has 0 N–H and O–H groups in total. The number of aromatic nitrogens is 3. The first-order valence-electron chi connectivity index (χ1n) is 12.0. The quantitative estimate of drug-likeness (QED) is 0.547. The fourth-order valence-corrected chi connectivity index (χ4v) is 5.29. The van der Waals surface area contributed by atoms with Crippen LogP contribution in [0, 0.1) is 19.7 Å². The number of hydrogen-bond acceptors (Lipinski definition) is 6. The molecule has 0 unspecified atom stereocenters. The highest BCUT2D eigenvalue weighted by molar-refractivity contribution is 6.31. The summed E-state index contributed by atoms with van der Waals surface area (Å²) in [6.07, 6.45) is 1.61. The number of benzene rings is 1. The van der Waals surface area contributed by atoms with E-state index in [0.29, 0.717) is 41.1 Å². The van der Waals surface area contributed by atoms with Crippen LogP contribution in [-0.4, -0.2) is 68.8 Å². The molecule has 0 atom stereocenters.